The van der Waals surface area contributed by atoms with E-state index in [-0.39, 0.29) is 23.7 Å². The normalized spacial score (nSPS) is 32.2. The van der Waals surface area contributed by atoms with Crippen molar-refractivity contribution in [3.05, 3.63) is 18.1 Å². The third kappa shape index (κ3) is 2.67. The molecule has 3 atom stereocenters. The molecule has 0 bridgehead atoms. The summed E-state index contributed by atoms with van der Waals surface area (Å²) in [6.07, 6.45) is 8.71. The number of carbonyl (C=O) groups is 1. The minimum absolute atomic E-state index is 0.0856. The molecular formula is C16H24N4O2. The van der Waals surface area contributed by atoms with Gasteiger partial charge in [0.25, 0.3) is 5.91 Å². The van der Waals surface area contributed by atoms with Crippen LogP contribution in [0.4, 0.5) is 5.82 Å². The molecular weight excluding hydrogens is 280 g/mol. The highest BCUT2D eigenvalue weighted by Gasteiger charge is 2.45. The quantitative estimate of drug-likeness (QED) is 0.866. The average molecular weight is 304 g/mol. The number of aromatic nitrogens is 2. The Labute approximate surface area is 130 Å². The summed E-state index contributed by atoms with van der Waals surface area (Å²) < 4.78 is 0. The molecule has 0 unspecified atom stereocenters. The minimum Gasteiger partial charge on any atom is -0.390 e. The number of rotatable bonds is 2. The van der Waals surface area contributed by atoms with Crippen molar-refractivity contribution in [1.82, 2.24) is 14.9 Å². The molecule has 1 saturated carbocycles. The van der Waals surface area contributed by atoms with E-state index in [1.807, 2.05) is 11.8 Å². The van der Waals surface area contributed by atoms with Crippen LogP contribution in [0.15, 0.2) is 12.5 Å². The molecule has 22 heavy (non-hydrogen) atoms. The van der Waals surface area contributed by atoms with Gasteiger partial charge in [-0.15, -0.1) is 0 Å². The van der Waals surface area contributed by atoms with Gasteiger partial charge in [-0.1, -0.05) is 12.8 Å². The number of likely N-dealkylation sites (tertiary alicyclic amines) is 1. The first kappa shape index (κ1) is 15.2. The lowest BCUT2D eigenvalue weighted by Gasteiger charge is -2.43. The second-order valence-corrected chi connectivity index (χ2v) is 6.74. The Morgan fingerprint density at radius 3 is 2.95 bits per heavy atom. The number of carbonyl (C=O) groups excluding carboxylic acids is 1. The van der Waals surface area contributed by atoms with E-state index in [9.17, 15) is 9.90 Å². The molecule has 3 rings (SSSR count). The molecule has 0 radical (unpaired) electrons. The number of hydrogen-bond acceptors (Lipinski definition) is 5. The molecule has 6 heteroatoms. The van der Waals surface area contributed by atoms with Gasteiger partial charge in [-0.3, -0.25) is 4.79 Å². The van der Waals surface area contributed by atoms with Gasteiger partial charge in [0.1, 0.15) is 17.7 Å². The third-order valence-corrected chi connectivity index (χ3v) is 5.24. The molecule has 6 nitrogen and oxygen atoms in total. The van der Waals surface area contributed by atoms with Crippen LogP contribution in [0.25, 0.3) is 0 Å². The lowest BCUT2D eigenvalue weighted by molar-refractivity contribution is -0.0577. The molecule has 1 amide bonds. The summed E-state index contributed by atoms with van der Waals surface area (Å²) in [6.45, 7) is 2.63. The summed E-state index contributed by atoms with van der Waals surface area (Å²) in [5, 5.41) is 10.7. The fraction of sp³-hybridized carbons (Fsp3) is 0.688. The molecule has 2 heterocycles. The molecule has 2 fully saturated rings. The SMILES string of the molecule is C[C@]1(O)CCCC[C@H]1[C@H]1CCCN1C(=O)c1cncnc1N. The van der Waals surface area contributed by atoms with Crippen molar-refractivity contribution < 1.29 is 9.90 Å². The van der Waals surface area contributed by atoms with Gasteiger partial charge in [-0.2, -0.15) is 0 Å². The standard InChI is InChI=1S/C16H24N4O2/c1-16(22)7-3-2-5-12(16)13-6-4-8-20(13)15(21)11-9-18-10-19-14(11)17/h9-10,12-13,22H,2-8H2,1H3,(H2,17,18,19)/t12-,13+,16-/m0/s1. The van der Waals surface area contributed by atoms with Gasteiger partial charge in [0.2, 0.25) is 0 Å². The van der Waals surface area contributed by atoms with Gasteiger partial charge in [0, 0.05) is 24.7 Å². The van der Waals surface area contributed by atoms with Crippen molar-refractivity contribution in [2.45, 2.75) is 57.1 Å². The first-order chi connectivity index (χ1) is 10.5. The number of nitrogens with zero attached hydrogens (tertiary/aromatic N) is 3. The summed E-state index contributed by atoms with van der Waals surface area (Å²) in [6, 6.07) is 0.0856. The number of anilines is 1. The predicted octanol–water partition coefficient (Wildman–Crippen LogP) is 1.60. The van der Waals surface area contributed by atoms with Gasteiger partial charge in [-0.05, 0) is 32.6 Å². The van der Waals surface area contributed by atoms with E-state index in [4.69, 9.17) is 5.73 Å². The van der Waals surface area contributed by atoms with Gasteiger partial charge in [-0.25, -0.2) is 9.97 Å². The summed E-state index contributed by atoms with van der Waals surface area (Å²) in [5.74, 6) is 0.251. The van der Waals surface area contributed by atoms with Crippen LogP contribution in [0.3, 0.4) is 0 Å². The van der Waals surface area contributed by atoms with Crippen molar-refractivity contribution in [3.63, 3.8) is 0 Å². The van der Waals surface area contributed by atoms with Crippen molar-refractivity contribution in [3.8, 4) is 0 Å². The van der Waals surface area contributed by atoms with Crippen LogP contribution >= 0.6 is 0 Å². The third-order valence-electron chi connectivity index (χ3n) is 5.24. The van der Waals surface area contributed by atoms with Crippen molar-refractivity contribution in [2.24, 2.45) is 5.92 Å². The average Bonchev–Trinajstić information content (AvgIpc) is 2.95. The van der Waals surface area contributed by atoms with E-state index in [1.165, 1.54) is 12.5 Å². The Balaban J connectivity index is 1.84. The summed E-state index contributed by atoms with van der Waals surface area (Å²) in [5.41, 5.74) is 5.49. The Hall–Kier alpha value is -1.69. The number of aliphatic hydroxyl groups is 1. The van der Waals surface area contributed by atoms with Crippen LogP contribution in [0, 0.1) is 5.92 Å². The van der Waals surface area contributed by atoms with Crippen LogP contribution in [-0.4, -0.2) is 44.1 Å². The van der Waals surface area contributed by atoms with Crippen LogP contribution < -0.4 is 5.73 Å². The lowest BCUT2D eigenvalue weighted by Crippen LogP contribution is -2.50. The lowest BCUT2D eigenvalue weighted by atomic mass is 9.72. The zero-order valence-corrected chi connectivity index (χ0v) is 13.0. The van der Waals surface area contributed by atoms with E-state index in [0.717, 1.165) is 38.5 Å². The Bertz CT molecular complexity index is 561. The molecule has 1 aromatic rings. The number of nitrogens with two attached hydrogens (primary N) is 1. The van der Waals surface area contributed by atoms with Crippen molar-refractivity contribution >= 4 is 11.7 Å². The van der Waals surface area contributed by atoms with Crippen molar-refractivity contribution in [1.29, 1.82) is 0 Å². The maximum Gasteiger partial charge on any atom is 0.259 e. The van der Waals surface area contributed by atoms with Crippen LogP contribution in [0.2, 0.25) is 0 Å². The molecule has 3 N–H and O–H groups in total. The molecule has 1 aliphatic carbocycles. The van der Waals surface area contributed by atoms with E-state index < -0.39 is 5.60 Å². The number of nitrogen functional groups attached to an aromatic ring is 1. The van der Waals surface area contributed by atoms with E-state index in [2.05, 4.69) is 9.97 Å². The minimum atomic E-state index is -0.690. The molecule has 120 valence electrons. The molecule has 0 aromatic carbocycles. The van der Waals surface area contributed by atoms with Crippen molar-refractivity contribution in [2.75, 3.05) is 12.3 Å². The van der Waals surface area contributed by atoms with E-state index in [1.54, 1.807) is 0 Å². The smallest absolute Gasteiger partial charge is 0.259 e. The highest BCUT2D eigenvalue weighted by atomic mass is 16.3. The zero-order chi connectivity index (χ0) is 15.7. The highest BCUT2D eigenvalue weighted by Crippen LogP contribution is 2.41. The summed E-state index contributed by atoms with van der Waals surface area (Å²) in [7, 11) is 0. The Kier molecular flexibility index (Phi) is 4.04. The Morgan fingerprint density at radius 1 is 1.41 bits per heavy atom. The molecule has 1 aromatic heterocycles. The fourth-order valence-corrected chi connectivity index (χ4v) is 4.07. The second-order valence-electron chi connectivity index (χ2n) is 6.74. The first-order valence-corrected chi connectivity index (χ1v) is 8.09. The fourth-order valence-electron chi connectivity index (χ4n) is 4.07. The molecule has 1 saturated heterocycles. The monoisotopic (exact) mass is 304 g/mol. The van der Waals surface area contributed by atoms with Gasteiger partial charge < -0.3 is 15.7 Å². The predicted molar refractivity (Wildman–Crippen MR) is 83.1 cm³/mol. The largest absolute Gasteiger partial charge is 0.390 e. The van der Waals surface area contributed by atoms with E-state index >= 15 is 0 Å². The maximum absolute atomic E-state index is 12.8. The number of amides is 1. The van der Waals surface area contributed by atoms with Gasteiger partial charge in [0.05, 0.1) is 5.60 Å². The van der Waals surface area contributed by atoms with Crippen LogP contribution in [0.5, 0.6) is 0 Å². The topological polar surface area (TPSA) is 92.3 Å². The second kappa shape index (κ2) is 5.83. The summed E-state index contributed by atoms with van der Waals surface area (Å²) >= 11 is 0. The van der Waals surface area contributed by atoms with Gasteiger partial charge >= 0.3 is 0 Å². The highest BCUT2D eigenvalue weighted by molar-refractivity contribution is 5.98. The zero-order valence-electron chi connectivity index (χ0n) is 13.0. The summed E-state index contributed by atoms with van der Waals surface area (Å²) in [4.78, 5) is 22.5. The van der Waals surface area contributed by atoms with Crippen LogP contribution in [0.1, 0.15) is 55.8 Å². The Morgan fingerprint density at radius 2 is 2.23 bits per heavy atom. The van der Waals surface area contributed by atoms with Gasteiger partial charge in [0.15, 0.2) is 0 Å². The van der Waals surface area contributed by atoms with E-state index in [0.29, 0.717) is 12.1 Å². The first-order valence-electron chi connectivity index (χ1n) is 8.09. The van der Waals surface area contributed by atoms with Crippen LogP contribution in [-0.2, 0) is 0 Å². The maximum atomic E-state index is 12.8. The molecule has 0 spiro atoms. The molecule has 1 aliphatic heterocycles. The number of hydrogen-bond donors (Lipinski definition) is 2. The molecule has 2 aliphatic rings.